The van der Waals surface area contributed by atoms with Crippen molar-refractivity contribution in [1.29, 1.82) is 0 Å². The molecule has 0 spiro atoms. The van der Waals surface area contributed by atoms with E-state index in [0.29, 0.717) is 0 Å². The summed E-state index contributed by atoms with van der Waals surface area (Å²) in [6, 6.07) is 8.40. The van der Waals surface area contributed by atoms with Crippen molar-refractivity contribution in [3.63, 3.8) is 0 Å². The average molecular weight is 223 g/mol. The summed E-state index contributed by atoms with van der Waals surface area (Å²) in [4.78, 5) is 5.63. The molecule has 0 fully saturated rings. The van der Waals surface area contributed by atoms with Gasteiger partial charge >= 0.3 is 0 Å². The van der Waals surface area contributed by atoms with E-state index in [1.165, 1.54) is 4.90 Å². The minimum absolute atomic E-state index is 0.233. The van der Waals surface area contributed by atoms with Crippen LogP contribution in [0.4, 0.5) is 0 Å². The van der Waals surface area contributed by atoms with Crippen LogP contribution in [0.2, 0.25) is 0 Å². The van der Waals surface area contributed by atoms with Gasteiger partial charge in [0.2, 0.25) is 0 Å². The molecule has 0 atom stereocenters. The Kier molecular flexibility index (Phi) is 4.65. The highest BCUT2D eigenvalue weighted by Gasteiger charge is 2.02. The second kappa shape index (κ2) is 5.78. The van der Waals surface area contributed by atoms with E-state index in [2.05, 4.69) is 28.8 Å². The summed E-state index contributed by atoms with van der Waals surface area (Å²) < 4.78 is 0. The summed E-state index contributed by atoms with van der Waals surface area (Å²) in [5.41, 5.74) is 3.65. The zero-order chi connectivity index (χ0) is 11.3. The Hall–Kier alpha value is -1.00. The van der Waals surface area contributed by atoms with Gasteiger partial charge in [-0.3, -0.25) is 4.99 Å². The lowest BCUT2D eigenvalue weighted by Gasteiger charge is -2.08. The molecule has 0 aliphatic carbocycles. The minimum atomic E-state index is 0.233. The maximum Gasteiger partial charge on any atom is 0.142 e. The molecule has 82 valence electrons. The molecule has 0 bridgehead atoms. The predicted molar refractivity (Wildman–Crippen MR) is 67.2 cm³/mol. The van der Waals surface area contributed by atoms with Crippen molar-refractivity contribution in [2.24, 2.45) is 10.8 Å². The lowest BCUT2D eigenvalue weighted by molar-refractivity contribution is 0.820. The average Bonchev–Trinajstić information content (AvgIpc) is 2.26. The molecule has 0 unspecified atom stereocenters. The fourth-order valence-corrected chi connectivity index (χ4v) is 1.61. The van der Waals surface area contributed by atoms with Gasteiger partial charge < -0.3 is 5.43 Å². The number of thioether (sulfide) groups is 1. The maximum absolute atomic E-state index is 5.44. The van der Waals surface area contributed by atoms with Gasteiger partial charge in [0.15, 0.2) is 0 Å². The molecular formula is C11H17N3S. The number of benzene rings is 1. The van der Waals surface area contributed by atoms with Crippen LogP contribution in [0.1, 0.15) is 19.4 Å². The summed E-state index contributed by atoms with van der Waals surface area (Å²) in [7, 11) is 0. The first-order chi connectivity index (χ1) is 7.17. The van der Waals surface area contributed by atoms with Crippen LogP contribution in [0, 0.1) is 0 Å². The summed E-state index contributed by atoms with van der Waals surface area (Å²) in [5, 5.41) is 0. The summed E-state index contributed by atoms with van der Waals surface area (Å²) >= 11 is 1.72. The van der Waals surface area contributed by atoms with Gasteiger partial charge in [-0.15, -0.1) is 11.8 Å². The van der Waals surface area contributed by atoms with Crippen LogP contribution < -0.4 is 11.3 Å². The van der Waals surface area contributed by atoms with Crippen LogP contribution in [0.3, 0.4) is 0 Å². The van der Waals surface area contributed by atoms with Crippen molar-refractivity contribution in [2.75, 3.05) is 6.26 Å². The van der Waals surface area contributed by atoms with Crippen molar-refractivity contribution in [3.05, 3.63) is 29.8 Å². The number of amidine groups is 1. The first kappa shape index (κ1) is 12.1. The zero-order valence-electron chi connectivity index (χ0n) is 9.32. The van der Waals surface area contributed by atoms with Gasteiger partial charge in [-0.25, -0.2) is 5.84 Å². The van der Waals surface area contributed by atoms with Gasteiger partial charge in [0.05, 0.1) is 0 Å². The van der Waals surface area contributed by atoms with Crippen molar-refractivity contribution in [1.82, 2.24) is 5.43 Å². The van der Waals surface area contributed by atoms with Crippen LogP contribution in [0.15, 0.2) is 34.2 Å². The molecule has 0 aromatic heterocycles. The van der Waals surface area contributed by atoms with Crippen molar-refractivity contribution >= 4 is 17.6 Å². The van der Waals surface area contributed by atoms with Crippen LogP contribution in [0.5, 0.6) is 0 Å². The van der Waals surface area contributed by atoms with E-state index in [4.69, 9.17) is 5.84 Å². The molecule has 0 amide bonds. The van der Waals surface area contributed by atoms with Gasteiger partial charge in [-0.05, 0) is 32.2 Å². The molecule has 0 heterocycles. The van der Waals surface area contributed by atoms with E-state index in [1.807, 2.05) is 26.0 Å². The van der Waals surface area contributed by atoms with Crippen molar-refractivity contribution in [2.45, 2.75) is 24.8 Å². The maximum atomic E-state index is 5.44. The molecule has 3 nitrogen and oxygen atoms in total. The number of nitrogens with two attached hydrogens (primary N) is 1. The van der Waals surface area contributed by atoms with Crippen LogP contribution in [0.25, 0.3) is 0 Å². The van der Waals surface area contributed by atoms with E-state index < -0.39 is 0 Å². The lowest BCUT2D eigenvalue weighted by atomic mass is 10.2. The third-order valence-corrected chi connectivity index (χ3v) is 2.63. The molecule has 1 aromatic carbocycles. The summed E-state index contributed by atoms with van der Waals surface area (Å²) in [6.45, 7) is 4.04. The van der Waals surface area contributed by atoms with Gasteiger partial charge in [-0.2, -0.15) is 0 Å². The molecule has 15 heavy (non-hydrogen) atoms. The largest absolute Gasteiger partial charge is 0.308 e. The predicted octanol–water partition coefficient (Wildman–Crippen LogP) is 2.03. The Balaban J connectivity index is 2.93. The first-order valence-electron chi connectivity index (χ1n) is 4.86. The quantitative estimate of drug-likeness (QED) is 0.271. The Morgan fingerprint density at radius 2 is 1.93 bits per heavy atom. The number of aliphatic imine (C=N–C) groups is 1. The normalized spacial score (nSPS) is 11.9. The molecule has 1 aromatic rings. The molecule has 1 rings (SSSR count). The van der Waals surface area contributed by atoms with E-state index in [-0.39, 0.29) is 6.04 Å². The smallest absolute Gasteiger partial charge is 0.142 e. The molecule has 0 saturated carbocycles. The SMILES string of the molecule is CSc1ccc(C(=NC(C)C)NN)cc1. The van der Waals surface area contributed by atoms with Crippen molar-refractivity contribution in [3.8, 4) is 0 Å². The fraction of sp³-hybridized carbons (Fsp3) is 0.364. The van der Waals surface area contributed by atoms with Gasteiger partial charge in [0, 0.05) is 16.5 Å². The lowest BCUT2D eigenvalue weighted by Crippen LogP contribution is -2.31. The molecule has 0 aliphatic heterocycles. The van der Waals surface area contributed by atoms with Crippen molar-refractivity contribution < 1.29 is 0 Å². The van der Waals surface area contributed by atoms with Gasteiger partial charge in [0.25, 0.3) is 0 Å². The third kappa shape index (κ3) is 3.57. The van der Waals surface area contributed by atoms with E-state index >= 15 is 0 Å². The van der Waals surface area contributed by atoms with E-state index in [9.17, 15) is 0 Å². The Morgan fingerprint density at radius 3 is 2.33 bits per heavy atom. The number of nitrogens with zero attached hydrogens (tertiary/aromatic N) is 1. The minimum Gasteiger partial charge on any atom is -0.308 e. The van der Waals surface area contributed by atoms with Crippen LogP contribution in [-0.4, -0.2) is 18.1 Å². The fourth-order valence-electron chi connectivity index (χ4n) is 1.20. The molecule has 3 N–H and O–H groups in total. The number of hydrogen-bond donors (Lipinski definition) is 2. The first-order valence-corrected chi connectivity index (χ1v) is 6.08. The zero-order valence-corrected chi connectivity index (χ0v) is 10.1. The Morgan fingerprint density at radius 1 is 1.33 bits per heavy atom. The molecule has 4 heteroatoms. The highest BCUT2D eigenvalue weighted by Crippen LogP contribution is 2.15. The summed E-state index contributed by atoms with van der Waals surface area (Å²) in [5.74, 6) is 6.17. The Labute approximate surface area is 95.1 Å². The van der Waals surface area contributed by atoms with Gasteiger partial charge in [-0.1, -0.05) is 12.1 Å². The molecule has 0 saturated heterocycles. The van der Waals surface area contributed by atoms with Gasteiger partial charge in [0.1, 0.15) is 5.84 Å². The summed E-state index contributed by atoms with van der Waals surface area (Å²) in [6.07, 6.45) is 2.05. The molecule has 0 aliphatic rings. The third-order valence-electron chi connectivity index (χ3n) is 1.89. The Bertz CT molecular complexity index is 330. The monoisotopic (exact) mass is 223 g/mol. The number of hydrogen-bond acceptors (Lipinski definition) is 3. The van der Waals surface area contributed by atoms with E-state index in [1.54, 1.807) is 11.8 Å². The second-order valence-corrected chi connectivity index (χ2v) is 4.32. The number of rotatable bonds is 3. The number of hydrazine groups is 1. The van der Waals surface area contributed by atoms with E-state index in [0.717, 1.165) is 11.4 Å². The van der Waals surface area contributed by atoms with Crippen LogP contribution >= 0.6 is 11.8 Å². The highest BCUT2D eigenvalue weighted by molar-refractivity contribution is 7.98. The second-order valence-electron chi connectivity index (χ2n) is 3.44. The highest BCUT2D eigenvalue weighted by atomic mass is 32.2. The molecule has 0 radical (unpaired) electrons. The van der Waals surface area contributed by atoms with Crippen LogP contribution in [-0.2, 0) is 0 Å². The number of nitrogens with one attached hydrogen (secondary N) is 1. The topological polar surface area (TPSA) is 50.4 Å². The standard InChI is InChI=1S/C11H17N3S/c1-8(2)13-11(14-12)9-4-6-10(15-3)7-5-9/h4-8H,12H2,1-3H3,(H,13,14). The molecular weight excluding hydrogens is 206 g/mol.